The predicted molar refractivity (Wildman–Crippen MR) is 153 cm³/mol. The Hall–Kier alpha value is -2.39. The molecule has 0 bridgehead atoms. The van der Waals surface area contributed by atoms with E-state index in [1.165, 1.54) is 19.2 Å². The van der Waals surface area contributed by atoms with Crippen molar-refractivity contribution < 1.29 is 43.1 Å². The van der Waals surface area contributed by atoms with Crippen molar-refractivity contribution in [3.8, 4) is 0 Å². The molecule has 42 heavy (non-hydrogen) atoms. The number of nitrogen functional groups attached to an aromatic ring is 1. The molecule has 16 heteroatoms. The second-order valence-corrected chi connectivity index (χ2v) is 13.1. The van der Waals surface area contributed by atoms with Gasteiger partial charge in [-0.1, -0.05) is 27.7 Å². The lowest BCUT2D eigenvalue weighted by atomic mass is 9.96. The SMILES string of the molecule is CCOC(=O)C(CC(C)C)NP(=O)(NC(CC(C)C)C(=O)OCC)OC[C@H]1O[C@@H](n2ccc(N)nc2=O)[C@@](C)(O)C1O. The smallest absolute Gasteiger partial charge is 0.351 e. The molecule has 1 aliphatic heterocycles. The van der Waals surface area contributed by atoms with Crippen molar-refractivity contribution in [1.82, 2.24) is 19.7 Å². The van der Waals surface area contributed by atoms with Crippen LogP contribution in [0.15, 0.2) is 17.1 Å². The van der Waals surface area contributed by atoms with Crippen molar-refractivity contribution in [3.05, 3.63) is 22.7 Å². The molecule has 1 aliphatic rings. The fraction of sp³-hybridized carbons (Fsp3) is 0.769. The molecule has 240 valence electrons. The molecular weight excluding hydrogens is 573 g/mol. The van der Waals surface area contributed by atoms with Crippen LogP contribution in [0.1, 0.15) is 67.5 Å². The topological polar surface area (TPSA) is 214 Å². The van der Waals surface area contributed by atoms with Crippen molar-refractivity contribution in [1.29, 1.82) is 0 Å². The number of aliphatic hydroxyl groups excluding tert-OH is 1. The first-order valence-electron chi connectivity index (χ1n) is 14.1. The fourth-order valence-electron chi connectivity index (χ4n) is 4.51. The normalized spacial score (nSPS) is 25.3. The van der Waals surface area contributed by atoms with E-state index < -0.39 is 68.0 Å². The van der Waals surface area contributed by atoms with E-state index in [1.54, 1.807) is 13.8 Å². The molecule has 2 heterocycles. The lowest BCUT2D eigenvalue weighted by Gasteiger charge is -2.30. The Bertz CT molecular complexity index is 1120. The molecule has 2 rings (SSSR count). The van der Waals surface area contributed by atoms with Crippen LogP contribution in [0.4, 0.5) is 5.82 Å². The molecule has 3 unspecified atom stereocenters. The second kappa shape index (κ2) is 15.4. The number of ether oxygens (including phenoxy) is 3. The highest BCUT2D eigenvalue weighted by molar-refractivity contribution is 7.54. The first kappa shape index (κ1) is 35.8. The minimum Gasteiger partial charge on any atom is -0.465 e. The van der Waals surface area contributed by atoms with Gasteiger partial charge in [-0.25, -0.2) is 15.0 Å². The summed E-state index contributed by atoms with van der Waals surface area (Å²) in [5.41, 5.74) is 2.75. The van der Waals surface area contributed by atoms with Gasteiger partial charge in [0, 0.05) is 6.20 Å². The zero-order valence-electron chi connectivity index (χ0n) is 25.3. The predicted octanol–water partition coefficient (Wildman–Crippen LogP) is 1.09. The molecule has 0 aromatic carbocycles. The summed E-state index contributed by atoms with van der Waals surface area (Å²) in [5, 5.41) is 27.4. The highest BCUT2D eigenvalue weighted by atomic mass is 31.2. The van der Waals surface area contributed by atoms with Gasteiger partial charge in [-0.2, -0.15) is 4.98 Å². The number of hydrogen-bond acceptors (Lipinski definition) is 12. The minimum absolute atomic E-state index is 0.0143. The third-order valence-electron chi connectivity index (χ3n) is 6.49. The number of nitrogens with zero attached hydrogens (tertiary/aromatic N) is 2. The molecule has 1 aromatic heterocycles. The molecule has 1 fully saturated rings. The number of nitrogens with one attached hydrogen (secondary N) is 2. The zero-order chi connectivity index (χ0) is 31.8. The molecule has 1 saturated heterocycles. The molecule has 6 N–H and O–H groups in total. The Kier molecular flexibility index (Phi) is 13.1. The van der Waals surface area contributed by atoms with Crippen LogP contribution < -0.4 is 21.6 Å². The van der Waals surface area contributed by atoms with Gasteiger partial charge < -0.3 is 34.7 Å². The molecule has 0 amide bonds. The van der Waals surface area contributed by atoms with E-state index in [1.807, 2.05) is 27.7 Å². The van der Waals surface area contributed by atoms with Crippen molar-refractivity contribution >= 4 is 25.4 Å². The number of hydrogen-bond donors (Lipinski definition) is 5. The highest BCUT2D eigenvalue weighted by Crippen LogP contribution is 2.44. The Morgan fingerprint density at radius 2 is 1.62 bits per heavy atom. The molecule has 0 saturated carbocycles. The zero-order valence-corrected chi connectivity index (χ0v) is 26.2. The summed E-state index contributed by atoms with van der Waals surface area (Å²) in [4.78, 5) is 41.6. The van der Waals surface area contributed by atoms with Crippen molar-refractivity contribution in [2.75, 3.05) is 25.6 Å². The summed E-state index contributed by atoms with van der Waals surface area (Å²) in [7, 11) is -4.30. The maximum Gasteiger partial charge on any atom is 0.351 e. The first-order chi connectivity index (χ1) is 19.5. The molecule has 0 aliphatic carbocycles. The third-order valence-corrected chi connectivity index (χ3v) is 8.30. The summed E-state index contributed by atoms with van der Waals surface area (Å²) in [6.07, 6.45) is -2.55. The number of esters is 2. The molecular formula is C26H46N5O10P. The first-order valence-corrected chi connectivity index (χ1v) is 15.7. The molecule has 1 aromatic rings. The number of rotatable bonds is 16. The van der Waals surface area contributed by atoms with Crippen LogP contribution in [0.5, 0.6) is 0 Å². The van der Waals surface area contributed by atoms with Crippen molar-refractivity contribution in [2.45, 2.75) is 97.4 Å². The van der Waals surface area contributed by atoms with Gasteiger partial charge in [-0.05, 0) is 51.5 Å². The van der Waals surface area contributed by atoms with Gasteiger partial charge in [0.2, 0.25) is 0 Å². The quantitative estimate of drug-likeness (QED) is 0.129. The largest absolute Gasteiger partial charge is 0.465 e. The van der Waals surface area contributed by atoms with E-state index in [0.29, 0.717) is 0 Å². The molecule has 6 atom stereocenters. The van der Waals surface area contributed by atoms with Crippen LogP contribution in [0, 0.1) is 11.8 Å². The monoisotopic (exact) mass is 619 g/mol. The number of nitrogens with two attached hydrogens (primary N) is 1. The summed E-state index contributed by atoms with van der Waals surface area (Å²) in [6.45, 7) is 11.6. The van der Waals surface area contributed by atoms with Gasteiger partial charge in [0.25, 0.3) is 0 Å². The van der Waals surface area contributed by atoms with Crippen molar-refractivity contribution in [3.63, 3.8) is 0 Å². The van der Waals surface area contributed by atoms with Gasteiger partial charge in [0.15, 0.2) is 6.23 Å². The molecule has 0 spiro atoms. The Balaban J connectivity index is 2.40. The Labute approximate surface area is 246 Å². The summed E-state index contributed by atoms with van der Waals surface area (Å²) in [5.74, 6) is -1.39. The van der Waals surface area contributed by atoms with E-state index in [0.717, 1.165) is 4.57 Å². The summed E-state index contributed by atoms with van der Waals surface area (Å²) >= 11 is 0. The van der Waals surface area contributed by atoms with Gasteiger partial charge in [-0.3, -0.25) is 18.7 Å². The van der Waals surface area contributed by atoms with E-state index >= 15 is 0 Å². The average molecular weight is 620 g/mol. The second-order valence-electron chi connectivity index (χ2n) is 11.2. The highest BCUT2D eigenvalue weighted by Gasteiger charge is 2.54. The average Bonchev–Trinajstić information content (AvgIpc) is 3.10. The number of aromatic nitrogens is 2. The Morgan fingerprint density at radius 3 is 2.05 bits per heavy atom. The third kappa shape index (κ3) is 9.56. The van der Waals surface area contributed by atoms with Crippen LogP contribution >= 0.6 is 7.67 Å². The standard InChI is InChI=1S/C26H46N5O10P/c1-8-38-22(33)17(12-15(3)4)29-42(37,30-18(13-16(5)6)23(34)39-9-2)40-14-19-21(32)26(7,36)24(41-19)31-11-10-20(27)28-25(31)35/h10-11,15-19,21,24,32,36H,8-9,12-14H2,1-7H3,(H2,27,28,35)(H2,29,30,37)/t17?,18?,19-,21?,24-,26+,42?/m1/s1. The van der Waals surface area contributed by atoms with Crippen LogP contribution in [-0.2, 0) is 32.9 Å². The van der Waals surface area contributed by atoms with Crippen LogP contribution in [0.25, 0.3) is 0 Å². The maximum atomic E-state index is 14.3. The molecule has 15 nitrogen and oxygen atoms in total. The van der Waals surface area contributed by atoms with Crippen LogP contribution in [-0.4, -0.2) is 81.4 Å². The number of carbonyl (C=O) groups is 2. The number of carbonyl (C=O) groups excluding carboxylic acids is 2. The summed E-state index contributed by atoms with van der Waals surface area (Å²) < 4.78 is 37.2. The number of anilines is 1. The number of aliphatic hydroxyl groups is 2. The van der Waals surface area contributed by atoms with Crippen LogP contribution in [0.3, 0.4) is 0 Å². The van der Waals surface area contributed by atoms with Crippen molar-refractivity contribution in [2.24, 2.45) is 11.8 Å². The minimum atomic E-state index is -4.30. The lowest BCUT2D eigenvalue weighted by molar-refractivity contribution is -0.146. The Morgan fingerprint density at radius 1 is 1.12 bits per heavy atom. The van der Waals surface area contributed by atoms with Gasteiger partial charge in [-0.15, -0.1) is 0 Å². The van der Waals surface area contributed by atoms with Gasteiger partial charge in [0.1, 0.15) is 35.7 Å². The van der Waals surface area contributed by atoms with Gasteiger partial charge in [0.05, 0.1) is 19.8 Å². The van der Waals surface area contributed by atoms with Crippen LogP contribution in [0.2, 0.25) is 0 Å². The fourth-order valence-corrected chi connectivity index (χ4v) is 6.34. The van der Waals surface area contributed by atoms with E-state index in [4.69, 9.17) is 24.5 Å². The van der Waals surface area contributed by atoms with Gasteiger partial charge >= 0.3 is 25.3 Å². The molecule has 0 radical (unpaired) electrons. The maximum absolute atomic E-state index is 14.3. The summed E-state index contributed by atoms with van der Waals surface area (Å²) in [6, 6.07) is -0.821. The van der Waals surface area contributed by atoms with E-state index in [-0.39, 0.29) is 43.7 Å². The van der Waals surface area contributed by atoms with E-state index in [9.17, 15) is 29.2 Å². The van der Waals surface area contributed by atoms with E-state index in [2.05, 4.69) is 15.2 Å². The lowest BCUT2D eigenvalue weighted by Crippen LogP contribution is -2.47.